The topological polar surface area (TPSA) is 102 Å². The van der Waals surface area contributed by atoms with Gasteiger partial charge in [-0.05, 0) is 42.8 Å². The second-order valence-electron chi connectivity index (χ2n) is 6.24. The predicted molar refractivity (Wildman–Crippen MR) is 103 cm³/mol. The molecule has 8 nitrogen and oxygen atoms in total. The Morgan fingerprint density at radius 3 is 2.46 bits per heavy atom. The summed E-state index contributed by atoms with van der Waals surface area (Å²) < 4.78 is 5.53. The molecule has 0 saturated carbocycles. The molecule has 1 aliphatic rings. The van der Waals surface area contributed by atoms with Crippen molar-refractivity contribution in [2.45, 2.75) is 12.5 Å². The number of carbonyl (C=O) groups excluding carboxylic acids is 2. The molecule has 1 saturated heterocycles. The minimum absolute atomic E-state index is 0.00614. The van der Waals surface area contributed by atoms with Crippen molar-refractivity contribution in [2.24, 2.45) is 0 Å². The first-order valence-corrected chi connectivity index (χ1v) is 8.95. The lowest BCUT2D eigenvalue weighted by molar-refractivity contribution is -0.384. The van der Waals surface area contributed by atoms with Crippen LogP contribution in [0.4, 0.5) is 10.5 Å². The molecular weight excluding hydrogens is 409 g/mol. The molecule has 3 amide bonds. The number of hydrogen-bond donors (Lipinski definition) is 1. The fourth-order valence-electron chi connectivity index (χ4n) is 2.85. The summed E-state index contributed by atoms with van der Waals surface area (Å²) in [6.45, 7) is 1.59. The van der Waals surface area contributed by atoms with Gasteiger partial charge in [0.2, 0.25) is 0 Å². The smallest absolute Gasteiger partial charge is 0.325 e. The summed E-state index contributed by atoms with van der Waals surface area (Å²) >= 11 is 11.9. The Morgan fingerprint density at radius 1 is 1.18 bits per heavy atom. The molecule has 2 aromatic carbocycles. The molecule has 28 heavy (non-hydrogen) atoms. The Kier molecular flexibility index (Phi) is 5.44. The first-order chi connectivity index (χ1) is 13.2. The zero-order chi connectivity index (χ0) is 20.5. The standard InChI is InChI=1S/C18H15Cl2N3O5/c1-18(11-2-5-13(6-3-11)23(26)27)16(24)22(17(25)21-18)8-9-28-15-7-4-12(19)10-14(15)20/h2-7,10H,8-9H2,1H3,(H,21,25). The summed E-state index contributed by atoms with van der Waals surface area (Å²) in [5, 5.41) is 14.2. The van der Waals surface area contributed by atoms with E-state index in [1.807, 2.05) is 0 Å². The van der Waals surface area contributed by atoms with Gasteiger partial charge in [0.1, 0.15) is 17.9 Å². The van der Waals surface area contributed by atoms with Gasteiger partial charge in [0.25, 0.3) is 11.6 Å². The van der Waals surface area contributed by atoms with Gasteiger partial charge in [-0.25, -0.2) is 4.79 Å². The maximum absolute atomic E-state index is 12.8. The predicted octanol–water partition coefficient (Wildman–Crippen LogP) is 3.75. The number of amides is 3. The fraction of sp³-hybridized carbons (Fsp3) is 0.222. The summed E-state index contributed by atoms with van der Waals surface area (Å²) in [6, 6.07) is 9.63. The summed E-state index contributed by atoms with van der Waals surface area (Å²) in [4.78, 5) is 36.4. The number of non-ortho nitro benzene ring substituents is 1. The van der Waals surface area contributed by atoms with Gasteiger partial charge in [0.15, 0.2) is 0 Å². The molecule has 1 atom stereocenters. The van der Waals surface area contributed by atoms with Crippen LogP contribution in [-0.2, 0) is 10.3 Å². The monoisotopic (exact) mass is 423 g/mol. The lowest BCUT2D eigenvalue weighted by Crippen LogP contribution is -2.41. The van der Waals surface area contributed by atoms with Gasteiger partial charge in [-0.1, -0.05) is 23.2 Å². The maximum Gasteiger partial charge on any atom is 0.325 e. The largest absolute Gasteiger partial charge is 0.490 e. The van der Waals surface area contributed by atoms with Crippen LogP contribution in [0.15, 0.2) is 42.5 Å². The number of hydrogen-bond acceptors (Lipinski definition) is 5. The third kappa shape index (κ3) is 3.74. The molecule has 0 radical (unpaired) electrons. The van der Waals surface area contributed by atoms with Gasteiger partial charge in [0, 0.05) is 17.2 Å². The zero-order valence-corrected chi connectivity index (χ0v) is 16.2. The molecule has 1 N–H and O–H groups in total. The van der Waals surface area contributed by atoms with E-state index >= 15 is 0 Å². The van der Waals surface area contributed by atoms with E-state index in [-0.39, 0.29) is 18.8 Å². The van der Waals surface area contributed by atoms with E-state index in [0.717, 1.165) is 4.90 Å². The molecule has 0 aliphatic carbocycles. The number of urea groups is 1. The number of imide groups is 1. The average molecular weight is 424 g/mol. The van der Waals surface area contributed by atoms with E-state index < -0.39 is 22.4 Å². The van der Waals surface area contributed by atoms with Crippen LogP contribution in [0.2, 0.25) is 10.0 Å². The van der Waals surface area contributed by atoms with E-state index in [4.69, 9.17) is 27.9 Å². The molecule has 1 heterocycles. The molecule has 0 spiro atoms. The highest BCUT2D eigenvalue weighted by Gasteiger charge is 2.48. The van der Waals surface area contributed by atoms with E-state index in [2.05, 4.69) is 5.32 Å². The average Bonchev–Trinajstić information content (AvgIpc) is 2.87. The Morgan fingerprint density at radius 2 is 1.86 bits per heavy atom. The first kappa shape index (κ1) is 19.9. The van der Waals surface area contributed by atoms with Gasteiger partial charge < -0.3 is 10.1 Å². The molecular formula is C18H15Cl2N3O5. The van der Waals surface area contributed by atoms with Gasteiger partial charge in [-0.2, -0.15) is 0 Å². The molecule has 0 aromatic heterocycles. The normalized spacial score (nSPS) is 18.9. The number of nitro benzene ring substituents is 1. The third-order valence-corrected chi connectivity index (χ3v) is 4.93. The quantitative estimate of drug-likeness (QED) is 0.432. The number of rotatable bonds is 6. The molecule has 1 unspecified atom stereocenters. The van der Waals surface area contributed by atoms with Crippen molar-refractivity contribution in [3.63, 3.8) is 0 Å². The Balaban J connectivity index is 1.69. The highest BCUT2D eigenvalue weighted by molar-refractivity contribution is 6.35. The zero-order valence-electron chi connectivity index (χ0n) is 14.6. The van der Waals surface area contributed by atoms with Crippen LogP contribution >= 0.6 is 23.2 Å². The molecule has 1 fully saturated rings. The second-order valence-corrected chi connectivity index (χ2v) is 7.08. The fourth-order valence-corrected chi connectivity index (χ4v) is 3.31. The summed E-state index contributed by atoms with van der Waals surface area (Å²) in [6.07, 6.45) is 0. The van der Waals surface area contributed by atoms with Crippen molar-refractivity contribution < 1.29 is 19.2 Å². The Bertz CT molecular complexity index is 951. The van der Waals surface area contributed by atoms with Gasteiger partial charge in [-0.15, -0.1) is 0 Å². The summed E-state index contributed by atoms with van der Waals surface area (Å²) in [5.74, 6) is -0.0894. The van der Waals surface area contributed by atoms with Crippen molar-refractivity contribution in [1.29, 1.82) is 0 Å². The van der Waals surface area contributed by atoms with Crippen LogP contribution in [0, 0.1) is 10.1 Å². The minimum Gasteiger partial charge on any atom is -0.490 e. The van der Waals surface area contributed by atoms with Gasteiger partial charge >= 0.3 is 6.03 Å². The number of carbonyl (C=O) groups is 2. The van der Waals surface area contributed by atoms with E-state index in [1.54, 1.807) is 19.1 Å². The number of benzene rings is 2. The summed E-state index contributed by atoms with van der Waals surface area (Å²) in [7, 11) is 0. The van der Waals surface area contributed by atoms with Gasteiger partial charge in [0.05, 0.1) is 16.5 Å². The van der Waals surface area contributed by atoms with Crippen LogP contribution in [-0.4, -0.2) is 34.9 Å². The molecule has 10 heteroatoms. The second kappa shape index (κ2) is 7.65. The Hall–Kier alpha value is -2.84. The maximum atomic E-state index is 12.8. The first-order valence-electron chi connectivity index (χ1n) is 8.19. The van der Waals surface area contributed by atoms with Crippen LogP contribution in [0.3, 0.4) is 0 Å². The van der Waals surface area contributed by atoms with Crippen LogP contribution < -0.4 is 10.1 Å². The lowest BCUT2D eigenvalue weighted by atomic mass is 9.92. The number of nitrogens with one attached hydrogen (secondary N) is 1. The van der Waals surface area contributed by atoms with Crippen LogP contribution in [0.1, 0.15) is 12.5 Å². The third-order valence-electron chi connectivity index (χ3n) is 4.40. The van der Waals surface area contributed by atoms with Crippen LogP contribution in [0.25, 0.3) is 0 Å². The van der Waals surface area contributed by atoms with E-state index in [1.165, 1.54) is 30.3 Å². The van der Waals surface area contributed by atoms with E-state index in [9.17, 15) is 19.7 Å². The highest BCUT2D eigenvalue weighted by atomic mass is 35.5. The molecule has 0 bridgehead atoms. The Labute approximate surface area is 170 Å². The van der Waals surface area contributed by atoms with Crippen molar-refractivity contribution in [2.75, 3.05) is 13.2 Å². The molecule has 146 valence electrons. The number of halogens is 2. The SMILES string of the molecule is CC1(c2ccc([N+](=O)[O-])cc2)NC(=O)N(CCOc2ccc(Cl)cc2Cl)C1=O. The number of nitro groups is 1. The highest BCUT2D eigenvalue weighted by Crippen LogP contribution is 2.30. The number of nitrogens with zero attached hydrogens (tertiary/aromatic N) is 2. The van der Waals surface area contributed by atoms with Crippen LogP contribution in [0.5, 0.6) is 5.75 Å². The molecule has 2 aromatic rings. The van der Waals surface area contributed by atoms with Crippen molar-refractivity contribution in [3.8, 4) is 5.75 Å². The molecule has 1 aliphatic heterocycles. The minimum atomic E-state index is -1.32. The molecule has 3 rings (SSSR count). The number of ether oxygens (including phenoxy) is 1. The van der Waals surface area contributed by atoms with Crippen molar-refractivity contribution in [1.82, 2.24) is 10.2 Å². The van der Waals surface area contributed by atoms with E-state index in [0.29, 0.717) is 21.4 Å². The summed E-state index contributed by atoms with van der Waals surface area (Å²) in [5.41, 5.74) is -0.973. The van der Waals surface area contributed by atoms with Gasteiger partial charge in [-0.3, -0.25) is 19.8 Å². The lowest BCUT2D eigenvalue weighted by Gasteiger charge is -2.22. The van der Waals surface area contributed by atoms with Crippen molar-refractivity contribution in [3.05, 3.63) is 68.2 Å². The van der Waals surface area contributed by atoms with Crippen molar-refractivity contribution >= 4 is 40.8 Å².